The first-order valence-electron chi connectivity index (χ1n) is 5.01. The van der Waals surface area contributed by atoms with Crippen LogP contribution in [0.2, 0.25) is 0 Å². The minimum atomic E-state index is -4.49. The molecular formula is C12H12F3NO2. The summed E-state index contributed by atoms with van der Waals surface area (Å²) in [6, 6.07) is 4.24. The lowest BCUT2D eigenvalue weighted by Gasteiger charge is -2.11. The van der Waals surface area contributed by atoms with Crippen molar-refractivity contribution in [2.45, 2.75) is 6.18 Å². The largest absolute Gasteiger partial charge is 0.478 e. The van der Waals surface area contributed by atoms with Gasteiger partial charge in [-0.3, -0.25) is 0 Å². The van der Waals surface area contributed by atoms with Crippen LogP contribution in [0.5, 0.6) is 0 Å². The number of aliphatic carboxylic acids is 1. The van der Waals surface area contributed by atoms with Crippen LogP contribution in [0.15, 0.2) is 30.5 Å². The summed E-state index contributed by atoms with van der Waals surface area (Å²) in [6.07, 6.45) is -3.23. The standard InChI is InChI=1S/C12H12F3NO2/c1-16(2)7-10(11(17)18)8-4-3-5-9(6-8)12(13,14)15/h3-7H,1-2H3,(H,17,18)/b10-7-. The number of nitrogens with zero attached hydrogens (tertiary/aromatic N) is 1. The van der Waals surface area contributed by atoms with Gasteiger partial charge in [0.25, 0.3) is 0 Å². The molecule has 0 saturated heterocycles. The van der Waals surface area contributed by atoms with E-state index in [0.717, 1.165) is 12.1 Å². The minimum absolute atomic E-state index is 0.0195. The van der Waals surface area contributed by atoms with Gasteiger partial charge in [0.2, 0.25) is 0 Å². The van der Waals surface area contributed by atoms with Gasteiger partial charge < -0.3 is 10.0 Å². The quantitative estimate of drug-likeness (QED) is 0.848. The molecule has 0 atom stereocenters. The van der Waals surface area contributed by atoms with Gasteiger partial charge in [-0.15, -0.1) is 0 Å². The number of carboxylic acid groups (broad SMARTS) is 1. The van der Waals surface area contributed by atoms with Crippen LogP contribution in [0, 0.1) is 0 Å². The SMILES string of the molecule is CN(C)/C=C(\C(=O)O)c1cccc(C(F)(F)F)c1. The Morgan fingerprint density at radius 3 is 2.39 bits per heavy atom. The Labute approximate surface area is 102 Å². The van der Waals surface area contributed by atoms with Gasteiger partial charge in [0.15, 0.2) is 0 Å². The summed E-state index contributed by atoms with van der Waals surface area (Å²) in [6.45, 7) is 0. The fourth-order valence-electron chi connectivity index (χ4n) is 1.37. The third kappa shape index (κ3) is 3.51. The predicted molar refractivity (Wildman–Crippen MR) is 60.7 cm³/mol. The van der Waals surface area contributed by atoms with Crippen molar-refractivity contribution in [1.82, 2.24) is 4.90 Å². The van der Waals surface area contributed by atoms with Crippen molar-refractivity contribution in [2.75, 3.05) is 14.1 Å². The Bertz CT molecular complexity index is 478. The highest BCUT2D eigenvalue weighted by molar-refractivity contribution is 6.15. The van der Waals surface area contributed by atoms with Crippen molar-refractivity contribution in [3.8, 4) is 0 Å². The third-order valence-electron chi connectivity index (χ3n) is 2.12. The number of alkyl halides is 3. The molecule has 1 N–H and O–H groups in total. The van der Waals surface area contributed by atoms with Gasteiger partial charge in [-0.2, -0.15) is 13.2 Å². The lowest BCUT2D eigenvalue weighted by molar-refractivity contribution is -0.137. The molecule has 0 radical (unpaired) electrons. The van der Waals surface area contributed by atoms with Gasteiger partial charge in [0.05, 0.1) is 11.1 Å². The average Bonchev–Trinajstić information content (AvgIpc) is 2.24. The zero-order valence-corrected chi connectivity index (χ0v) is 9.82. The van der Waals surface area contributed by atoms with E-state index in [1.54, 1.807) is 14.1 Å². The highest BCUT2D eigenvalue weighted by Gasteiger charge is 2.30. The summed E-state index contributed by atoms with van der Waals surface area (Å²) in [4.78, 5) is 12.5. The van der Waals surface area contributed by atoms with Crippen molar-refractivity contribution >= 4 is 11.5 Å². The second kappa shape index (κ2) is 5.12. The first-order valence-corrected chi connectivity index (χ1v) is 5.01. The van der Waals surface area contributed by atoms with Gasteiger partial charge in [0.1, 0.15) is 0 Å². The zero-order chi connectivity index (χ0) is 13.9. The normalized spacial score (nSPS) is 12.4. The smallest absolute Gasteiger partial charge is 0.416 e. The Hall–Kier alpha value is -1.98. The molecule has 0 unspecified atom stereocenters. The lowest BCUT2D eigenvalue weighted by Crippen LogP contribution is -2.10. The molecule has 3 nitrogen and oxygen atoms in total. The Morgan fingerprint density at radius 2 is 1.94 bits per heavy atom. The molecule has 0 fully saturated rings. The number of carbonyl (C=O) groups is 1. The van der Waals surface area contributed by atoms with E-state index in [1.165, 1.54) is 23.2 Å². The summed E-state index contributed by atoms with van der Waals surface area (Å²) in [5.74, 6) is -1.27. The Balaban J connectivity index is 3.27. The summed E-state index contributed by atoms with van der Waals surface area (Å²) in [5.41, 5.74) is -1.04. The zero-order valence-electron chi connectivity index (χ0n) is 9.82. The molecule has 0 bridgehead atoms. The molecule has 1 aromatic rings. The molecule has 0 aliphatic carbocycles. The molecule has 0 amide bonds. The maximum atomic E-state index is 12.5. The van der Waals surface area contributed by atoms with Crippen LogP contribution in [0.4, 0.5) is 13.2 Å². The van der Waals surface area contributed by atoms with Crippen molar-refractivity contribution in [3.63, 3.8) is 0 Å². The number of benzene rings is 1. The van der Waals surface area contributed by atoms with Gasteiger partial charge in [-0.05, 0) is 17.7 Å². The minimum Gasteiger partial charge on any atom is -0.478 e. The summed E-state index contributed by atoms with van der Waals surface area (Å²) in [7, 11) is 3.19. The van der Waals surface area contributed by atoms with E-state index in [4.69, 9.17) is 5.11 Å². The number of carboxylic acids is 1. The first-order chi connectivity index (χ1) is 8.21. The number of rotatable bonds is 3. The fraction of sp³-hybridized carbons (Fsp3) is 0.250. The van der Waals surface area contributed by atoms with Gasteiger partial charge in [-0.1, -0.05) is 12.1 Å². The molecule has 0 aliphatic heterocycles. The summed E-state index contributed by atoms with van der Waals surface area (Å²) >= 11 is 0. The molecule has 18 heavy (non-hydrogen) atoms. The molecular weight excluding hydrogens is 247 g/mol. The molecule has 0 aromatic heterocycles. The Kier molecular flexibility index (Phi) is 4.00. The van der Waals surface area contributed by atoms with Crippen molar-refractivity contribution in [2.24, 2.45) is 0 Å². The third-order valence-corrected chi connectivity index (χ3v) is 2.12. The van der Waals surface area contributed by atoms with Crippen LogP contribution in [0.1, 0.15) is 11.1 Å². The van der Waals surface area contributed by atoms with E-state index in [-0.39, 0.29) is 11.1 Å². The Morgan fingerprint density at radius 1 is 1.33 bits per heavy atom. The highest BCUT2D eigenvalue weighted by Crippen LogP contribution is 2.31. The van der Waals surface area contributed by atoms with Crippen LogP contribution in [-0.2, 0) is 11.0 Å². The van der Waals surface area contributed by atoms with Crippen LogP contribution in [0.3, 0.4) is 0 Å². The molecule has 0 heterocycles. The predicted octanol–water partition coefficient (Wildman–Crippen LogP) is 2.69. The highest BCUT2D eigenvalue weighted by atomic mass is 19.4. The fourth-order valence-corrected chi connectivity index (χ4v) is 1.37. The molecule has 98 valence electrons. The van der Waals surface area contributed by atoms with Crippen molar-refractivity contribution < 1.29 is 23.1 Å². The molecule has 6 heteroatoms. The summed E-state index contributed by atoms with van der Waals surface area (Å²) in [5, 5.41) is 8.99. The van der Waals surface area contributed by atoms with E-state index in [0.29, 0.717) is 0 Å². The number of halogens is 3. The van der Waals surface area contributed by atoms with Crippen LogP contribution in [0.25, 0.3) is 5.57 Å². The molecule has 0 spiro atoms. The second-order valence-corrected chi connectivity index (χ2v) is 3.89. The van der Waals surface area contributed by atoms with E-state index < -0.39 is 17.7 Å². The first kappa shape index (κ1) is 14.1. The van der Waals surface area contributed by atoms with Crippen molar-refractivity contribution in [3.05, 3.63) is 41.6 Å². The van der Waals surface area contributed by atoms with Gasteiger partial charge >= 0.3 is 12.1 Å². The summed E-state index contributed by atoms with van der Waals surface area (Å²) < 4.78 is 37.6. The van der Waals surface area contributed by atoms with E-state index in [9.17, 15) is 18.0 Å². The van der Waals surface area contributed by atoms with E-state index >= 15 is 0 Å². The number of hydrogen-bond acceptors (Lipinski definition) is 2. The topological polar surface area (TPSA) is 40.5 Å². The molecule has 1 aromatic carbocycles. The number of hydrogen-bond donors (Lipinski definition) is 1. The van der Waals surface area contributed by atoms with Crippen molar-refractivity contribution in [1.29, 1.82) is 0 Å². The molecule has 0 saturated carbocycles. The van der Waals surface area contributed by atoms with Gasteiger partial charge in [0, 0.05) is 20.3 Å². The maximum Gasteiger partial charge on any atom is 0.416 e. The van der Waals surface area contributed by atoms with Crippen LogP contribution in [-0.4, -0.2) is 30.1 Å². The molecule has 0 aliphatic rings. The van der Waals surface area contributed by atoms with Gasteiger partial charge in [-0.25, -0.2) is 4.79 Å². The average molecular weight is 259 g/mol. The van der Waals surface area contributed by atoms with E-state index in [1.807, 2.05) is 0 Å². The van der Waals surface area contributed by atoms with E-state index in [2.05, 4.69) is 0 Å². The second-order valence-electron chi connectivity index (χ2n) is 3.89. The van der Waals surface area contributed by atoms with Crippen LogP contribution < -0.4 is 0 Å². The molecule has 1 rings (SSSR count). The maximum absolute atomic E-state index is 12.5. The van der Waals surface area contributed by atoms with Crippen LogP contribution >= 0.6 is 0 Å². The lowest BCUT2D eigenvalue weighted by atomic mass is 10.0. The monoisotopic (exact) mass is 259 g/mol.